The molecule has 1 rings (SSSR count). The summed E-state index contributed by atoms with van der Waals surface area (Å²) >= 11 is 0. The van der Waals surface area contributed by atoms with E-state index in [0.29, 0.717) is 10.8 Å². The summed E-state index contributed by atoms with van der Waals surface area (Å²) in [5.41, 5.74) is 0.982. The third-order valence-electron chi connectivity index (χ3n) is 4.64. The summed E-state index contributed by atoms with van der Waals surface area (Å²) in [6, 6.07) is 0. The summed E-state index contributed by atoms with van der Waals surface area (Å²) in [6.45, 7) is 14.2. The van der Waals surface area contributed by atoms with Gasteiger partial charge in [-0.25, -0.2) is 0 Å². The Kier molecular flexibility index (Phi) is 6.65. The minimum Gasteiger partial charge on any atom is -0.316 e. The Morgan fingerprint density at radius 3 is 2.56 bits per heavy atom. The van der Waals surface area contributed by atoms with Crippen LogP contribution in [0.5, 0.6) is 0 Å². The Hall–Kier alpha value is -0.0800. The van der Waals surface area contributed by atoms with Gasteiger partial charge in [0.05, 0.1) is 0 Å². The minimum atomic E-state index is 0.454. The van der Waals surface area contributed by atoms with Gasteiger partial charge in [0, 0.05) is 19.6 Å². The summed E-state index contributed by atoms with van der Waals surface area (Å²) in [7, 11) is 0. The van der Waals surface area contributed by atoms with Crippen LogP contribution in [0, 0.1) is 10.8 Å². The Balaban J connectivity index is 2.22. The molecule has 0 aromatic heterocycles. The summed E-state index contributed by atoms with van der Waals surface area (Å²) in [5.74, 6) is 0. The van der Waals surface area contributed by atoms with Crippen LogP contribution in [0.3, 0.4) is 0 Å². The van der Waals surface area contributed by atoms with Gasteiger partial charge in [-0.15, -0.1) is 0 Å². The second-order valence-electron chi connectivity index (χ2n) is 7.01. The van der Waals surface area contributed by atoms with Crippen LogP contribution in [0.1, 0.15) is 66.2 Å². The van der Waals surface area contributed by atoms with E-state index in [4.69, 9.17) is 0 Å². The second-order valence-corrected chi connectivity index (χ2v) is 7.01. The molecule has 0 saturated carbocycles. The fraction of sp³-hybridized carbons (Fsp3) is 1.00. The number of nitrogens with one attached hydrogen (secondary N) is 2. The van der Waals surface area contributed by atoms with Crippen LogP contribution in [0.4, 0.5) is 0 Å². The second kappa shape index (κ2) is 7.49. The highest BCUT2D eigenvalue weighted by atomic mass is 15.0. The molecular formula is C16H34N2. The van der Waals surface area contributed by atoms with Crippen LogP contribution in [0.25, 0.3) is 0 Å². The molecule has 0 spiro atoms. The highest BCUT2D eigenvalue weighted by Gasteiger charge is 2.31. The Labute approximate surface area is 114 Å². The van der Waals surface area contributed by atoms with Gasteiger partial charge in [0.15, 0.2) is 0 Å². The van der Waals surface area contributed by atoms with Gasteiger partial charge in [0.2, 0.25) is 0 Å². The fourth-order valence-electron chi connectivity index (χ4n) is 2.98. The molecule has 0 radical (unpaired) electrons. The highest BCUT2D eigenvalue weighted by molar-refractivity contribution is 4.89. The van der Waals surface area contributed by atoms with E-state index < -0.39 is 0 Å². The quantitative estimate of drug-likeness (QED) is 0.615. The van der Waals surface area contributed by atoms with E-state index in [-0.39, 0.29) is 0 Å². The maximum Gasteiger partial charge on any atom is 0.00206 e. The SMILES string of the molecule is CCCCCC(C)(C)CNCC1(CC)CCNC1. The molecule has 1 heterocycles. The zero-order valence-corrected chi connectivity index (χ0v) is 13.1. The molecular weight excluding hydrogens is 220 g/mol. The lowest BCUT2D eigenvalue weighted by atomic mass is 9.83. The van der Waals surface area contributed by atoms with E-state index in [1.165, 1.54) is 64.7 Å². The first-order valence-corrected chi connectivity index (χ1v) is 7.95. The summed E-state index contributed by atoms with van der Waals surface area (Å²) in [5, 5.41) is 7.26. The predicted molar refractivity (Wildman–Crippen MR) is 81.0 cm³/mol. The predicted octanol–water partition coefficient (Wildman–Crippen LogP) is 3.57. The van der Waals surface area contributed by atoms with Gasteiger partial charge in [-0.2, -0.15) is 0 Å². The first-order chi connectivity index (χ1) is 8.54. The zero-order valence-electron chi connectivity index (χ0n) is 13.1. The largest absolute Gasteiger partial charge is 0.316 e. The van der Waals surface area contributed by atoms with Crippen molar-refractivity contribution < 1.29 is 0 Å². The van der Waals surface area contributed by atoms with Gasteiger partial charge in [0.25, 0.3) is 0 Å². The Morgan fingerprint density at radius 1 is 1.22 bits per heavy atom. The minimum absolute atomic E-state index is 0.454. The van der Waals surface area contributed by atoms with Gasteiger partial charge < -0.3 is 10.6 Å². The first kappa shape index (κ1) is 16.0. The standard InChI is InChI=1S/C16H34N2/c1-5-7-8-9-15(3,4)12-18-14-16(6-2)10-11-17-13-16/h17-18H,5-14H2,1-4H3. The van der Waals surface area contributed by atoms with Crippen LogP contribution in [-0.2, 0) is 0 Å². The molecule has 2 N–H and O–H groups in total. The molecule has 1 fully saturated rings. The molecule has 1 aliphatic rings. The van der Waals surface area contributed by atoms with Gasteiger partial charge in [-0.1, -0.05) is 47.0 Å². The molecule has 1 saturated heterocycles. The number of hydrogen-bond donors (Lipinski definition) is 2. The third kappa shape index (κ3) is 5.27. The van der Waals surface area contributed by atoms with E-state index in [2.05, 4.69) is 38.3 Å². The van der Waals surface area contributed by atoms with Crippen LogP contribution >= 0.6 is 0 Å². The maximum atomic E-state index is 3.75. The maximum absolute atomic E-state index is 3.75. The molecule has 108 valence electrons. The zero-order chi connectivity index (χ0) is 13.5. The van der Waals surface area contributed by atoms with Crippen molar-refractivity contribution in [3.05, 3.63) is 0 Å². The van der Waals surface area contributed by atoms with Crippen molar-refractivity contribution in [2.24, 2.45) is 10.8 Å². The summed E-state index contributed by atoms with van der Waals surface area (Å²) in [4.78, 5) is 0. The average Bonchev–Trinajstić information content (AvgIpc) is 2.78. The van der Waals surface area contributed by atoms with Crippen molar-refractivity contribution >= 4 is 0 Å². The van der Waals surface area contributed by atoms with Crippen LogP contribution in [0.2, 0.25) is 0 Å². The van der Waals surface area contributed by atoms with E-state index >= 15 is 0 Å². The molecule has 1 atom stereocenters. The third-order valence-corrected chi connectivity index (χ3v) is 4.64. The van der Waals surface area contributed by atoms with Gasteiger partial charge in [0.1, 0.15) is 0 Å². The molecule has 0 bridgehead atoms. The molecule has 1 aliphatic heterocycles. The normalized spacial score (nSPS) is 24.7. The Morgan fingerprint density at radius 2 is 2.00 bits per heavy atom. The number of unbranched alkanes of at least 4 members (excludes halogenated alkanes) is 2. The topological polar surface area (TPSA) is 24.1 Å². The molecule has 0 aliphatic carbocycles. The molecule has 0 amide bonds. The molecule has 2 nitrogen and oxygen atoms in total. The molecule has 2 heteroatoms. The molecule has 1 unspecified atom stereocenters. The van der Waals surface area contributed by atoms with E-state index in [0.717, 1.165) is 0 Å². The number of rotatable bonds is 9. The van der Waals surface area contributed by atoms with Crippen molar-refractivity contribution in [1.82, 2.24) is 10.6 Å². The van der Waals surface area contributed by atoms with Gasteiger partial charge in [-0.3, -0.25) is 0 Å². The van der Waals surface area contributed by atoms with Crippen molar-refractivity contribution in [1.29, 1.82) is 0 Å². The molecule has 0 aromatic carbocycles. The van der Waals surface area contributed by atoms with Crippen molar-refractivity contribution in [3.8, 4) is 0 Å². The lowest BCUT2D eigenvalue weighted by Crippen LogP contribution is -2.39. The van der Waals surface area contributed by atoms with Crippen molar-refractivity contribution in [2.45, 2.75) is 66.2 Å². The molecule has 18 heavy (non-hydrogen) atoms. The fourth-order valence-corrected chi connectivity index (χ4v) is 2.98. The lowest BCUT2D eigenvalue weighted by molar-refractivity contribution is 0.248. The van der Waals surface area contributed by atoms with E-state index in [1.54, 1.807) is 0 Å². The van der Waals surface area contributed by atoms with Gasteiger partial charge in [-0.05, 0) is 36.6 Å². The highest BCUT2D eigenvalue weighted by Crippen LogP contribution is 2.29. The number of hydrogen-bond acceptors (Lipinski definition) is 2. The monoisotopic (exact) mass is 254 g/mol. The van der Waals surface area contributed by atoms with Crippen LogP contribution in [0.15, 0.2) is 0 Å². The van der Waals surface area contributed by atoms with Crippen molar-refractivity contribution in [2.75, 3.05) is 26.2 Å². The first-order valence-electron chi connectivity index (χ1n) is 7.95. The lowest BCUT2D eigenvalue weighted by Gasteiger charge is -2.31. The smallest absolute Gasteiger partial charge is 0.00206 e. The van der Waals surface area contributed by atoms with Crippen molar-refractivity contribution in [3.63, 3.8) is 0 Å². The molecule has 0 aromatic rings. The van der Waals surface area contributed by atoms with Crippen LogP contribution in [-0.4, -0.2) is 26.2 Å². The average molecular weight is 254 g/mol. The summed E-state index contributed by atoms with van der Waals surface area (Å²) in [6.07, 6.45) is 8.08. The summed E-state index contributed by atoms with van der Waals surface area (Å²) < 4.78 is 0. The van der Waals surface area contributed by atoms with E-state index in [9.17, 15) is 0 Å². The van der Waals surface area contributed by atoms with E-state index in [1.807, 2.05) is 0 Å². The van der Waals surface area contributed by atoms with Gasteiger partial charge >= 0.3 is 0 Å². The van der Waals surface area contributed by atoms with Crippen LogP contribution < -0.4 is 10.6 Å². The Bertz CT molecular complexity index is 217.